The van der Waals surface area contributed by atoms with Crippen molar-refractivity contribution in [2.45, 2.75) is 38.9 Å². The van der Waals surface area contributed by atoms with E-state index in [-0.39, 0.29) is 6.04 Å². The third kappa shape index (κ3) is 6.48. The van der Waals surface area contributed by atoms with Gasteiger partial charge in [0.05, 0.1) is 6.54 Å². The fourth-order valence-electron chi connectivity index (χ4n) is 2.33. The Morgan fingerprint density at radius 2 is 1.62 bits per heavy atom. The third-order valence-electron chi connectivity index (χ3n) is 3.40. The molecule has 120 valence electrons. The van der Waals surface area contributed by atoms with Gasteiger partial charge in [-0.05, 0) is 30.6 Å². The van der Waals surface area contributed by atoms with Crippen molar-refractivity contribution in [1.82, 2.24) is 10.2 Å². The van der Waals surface area contributed by atoms with Crippen LogP contribution in [-0.2, 0) is 0 Å². The normalized spacial score (nSPS) is 14.0. The molecular formula is C16H25F3N2. The summed E-state index contributed by atoms with van der Waals surface area (Å²) in [5, 5.41) is 3.26. The molecule has 1 aromatic carbocycles. The van der Waals surface area contributed by atoms with Crippen molar-refractivity contribution in [1.29, 1.82) is 0 Å². The van der Waals surface area contributed by atoms with Crippen LogP contribution in [0, 0.1) is 0 Å². The van der Waals surface area contributed by atoms with Crippen LogP contribution in [0.5, 0.6) is 0 Å². The van der Waals surface area contributed by atoms with E-state index in [0.717, 1.165) is 12.1 Å². The monoisotopic (exact) mass is 302 g/mol. The highest BCUT2D eigenvalue weighted by atomic mass is 19.4. The molecule has 5 heteroatoms. The van der Waals surface area contributed by atoms with Gasteiger partial charge in [0.25, 0.3) is 0 Å². The number of likely N-dealkylation sites (N-methyl/N-ethyl adjacent to an activating group) is 2. The van der Waals surface area contributed by atoms with Crippen LogP contribution in [0.3, 0.4) is 0 Å². The maximum atomic E-state index is 12.4. The van der Waals surface area contributed by atoms with E-state index in [0.29, 0.717) is 12.5 Å². The molecule has 1 atom stereocenters. The van der Waals surface area contributed by atoms with E-state index in [1.54, 1.807) is 0 Å². The first-order chi connectivity index (χ1) is 9.73. The molecule has 1 aromatic rings. The van der Waals surface area contributed by atoms with Gasteiger partial charge >= 0.3 is 6.18 Å². The Morgan fingerprint density at radius 3 is 2.05 bits per heavy atom. The first-order valence-electron chi connectivity index (χ1n) is 7.31. The summed E-state index contributed by atoms with van der Waals surface area (Å²) in [4.78, 5) is 1.31. The van der Waals surface area contributed by atoms with Crippen LogP contribution < -0.4 is 5.32 Å². The molecule has 0 radical (unpaired) electrons. The molecule has 21 heavy (non-hydrogen) atoms. The smallest absolute Gasteiger partial charge is 0.309 e. The molecule has 0 aliphatic rings. The van der Waals surface area contributed by atoms with E-state index in [1.807, 2.05) is 31.2 Å². The Kier molecular flexibility index (Phi) is 6.68. The summed E-state index contributed by atoms with van der Waals surface area (Å²) in [5.41, 5.74) is 2.26. The number of nitrogens with zero attached hydrogens (tertiary/aromatic N) is 1. The summed E-state index contributed by atoms with van der Waals surface area (Å²) in [6, 6.07) is 8.01. The van der Waals surface area contributed by atoms with Gasteiger partial charge in [0.2, 0.25) is 0 Å². The van der Waals surface area contributed by atoms with E-state index in [4.69, 9.17) is 0 Å². The van der Waals surface area contributed by atoms with E-state index in [2.05, 4.69) is 19.2 Å². The van der Waals surface area contributed by atoms with Crippen LogP contribution >= 0.6 is 0 Å². The second-order valence-corrected chi connectivity index (χ2v) is 5.74. The molecular weight excluding hydrogens is 277 g/mol. The van der Waals surface area contributed by atoms with Crippen molar-refractivity contribution < 1.29 is 13.2 Å². The van der Waals surface area contributed by atoms with Crippen LogP contribution in [0.25, 0.3) is 0 Å². The molecule has 0 heterocycles. The van der Waals surface area contributed by atoms with Gasteiger partial charge in [-0.2, -0.15) is 13.2 Å². The zero-order valence-corrected chi connectivity index (χ0v) is 13.2. The second kappa shape index (κ2) is 7.80. The number of hydrogen-bond donors (Lipinski definition) is 1. The Balaban J connectivity index is 2.76. The number of halogens is 3. The van der Waals surface area contributed by atoms with Gasteiger partial charge in [0.1, 0.15) is 0 Å². The Morgan fingerprint density at radius 1 is 1.10 bits per heavy atom. The van der Waals surface area contributed by atoms with Crippen molar-refractivity contribution >= 4 is 0 Å². The number of nitrogens with one attached hydrogen (secondary N) is 1. The number of benzene rings is 1. The van der Waals surface area contributed by atoms with Gasteiger partial charge in [-0.1, -0.05) is 45.0 Å². The fraction of sp³-hybridized carbons (Fsp3) is 0.625. The van der Waals surface area contributed by atoms with Crippen LogP contribution in [0.2, 0.25) is 0 Å². The van der Waals surface area contributed by atoms with Crippen molar-refractivity contribution in [3.63, 3.8) is 0 Å². The van der Waals surface area contributed by atoms with Gasteiger partial charge in [-0.25, -0.2) is 0 Å². The van der Waals surface area contributed by atoms with Gasteiger partial charge in [0, 0.05) is 12.6 Å². The molecule has 2 nitrogen and oxygen atoms in total. The van der Waals surface area contributed by atoms with Crippen molar-refractivity contribution in [3.05, 3.63) is 35.4 Å². The van der Waals surface area contributed by atoms with Crippen LogP contribution in [0.1, 0.15) is 43.9 Å². The van der Waals surface area contributed by atoms with Gasteiger partial charge < -0.3 is 5.32 Å². The maximum Gasteiger partial charge on any atom is 0.401 e. The highest BCUT2D eigenvalue weighted by molar-refractivity contribution is 5.27. The van der Waals surface area contributed by atoms with E-state index in [9.17, 15) is 13.2 Å². The van der Waals surface area contributed by atoms with Crippen LogP contribution in [0.4, 0.5) is 13.2 Å². The molecule has 0 saturated carbocycles. The summed E-state index contributed by atoms with van der Waals surface area (Å²) in [6.07, 6.45) is -4.16. The van der Waals surface area contributed by atoms with Gasteiger partial charge in [0.15, 0.2) is 0 Å². The number of rotatable bonds is 7. The lowest BCUT2D eigenvalue weighted by molar-refractivity contribution is -0.143. The molecule has 0 fully saturated rings. The number of alkyl halides is 3. The molecule has 1 unspecified atom stereocenters. The molecule has 0 aromatic heterocycles. The zero-order valence-electron chi connectivity index (χ0n) is 13.2. The average Bonchev–Trinajstić information content (AvgIpc) is 2.36. The topological polar surface area (TPSA) is 15.3 Å². The summed E-state index contributed by atoms with van der Waals surface area (Å²) < 4.78 is 37.3. The summed E-state index contributed by atoms with van der Waals surface area (Å²) in [6.45, 7) is 6.35. The molecule has 1 N–H and O–H groups in total. The van der Waals surface area contributed by atoms with E-state index < -0.39 is 12.7 Å². The molecule has 0 aliphatic carbocycles. The molecule has 0 bridgehead atoms. The maximum absolute atomic E-state index is 12.4. The highest BCUT2D eigenvalue weighted by Crippen LogP contribution is 2.21. The predicted molar refractivity (Wildman–Crippen MR) is 80.5 cm³/mol. The average molecular weight is 302 g/mol. The largest absolute Gasteiger partial charge is 0.401 e. The summed E-state index contributed by atoms with van der Waals surface area (Å²) in [7, 11) is 1.50. The lowest BCUT2D eigenvalue weighted by Gasteiger charge is -2.26. The Labute approximate surface area is 125 Å². The van der Waals surface area contributed by atoms with Crippen molar-refractivity contribution in [2.24, 2.45) is 0 Å². The minimum Gasteiger partial charge on any atom is -0.309 e. The minimum absolute atomic E-state index is 0.0939. The predicted octanol–water partition coefficient (Wildman–Crippen LogP) is 3.95. The van der Waals surface area contributed by atoms with E-state index in [1.165, 1.54) is 17.5 Å². The van der Waals surface area contributed by atoms with Crippen LogP contribution in [0.15, 0.2) is 24.3 Å². The fourth-order valence-corrected chi connectivity index (χ4v) is 2.33. The first kappa shape index (κ1) is 18.0. The highest BCUT2D eigenvalue weighted by Gasteiger charge is 2.30. The van der Waals surface area contributed by atoms with Crippen LogP contribution in [-0.4, -0.2) is 37.8 Å². The minimum atomic E-state index is -4.16. The third-order valence-corrected chi connectivity index (χ3v) is 3.40. The molecule has 0 amide bonds. The first-order valence-corrected chi connectivity index (χ1v) is 7.31. The Bertz CT molecular complexity index is 413. The van der Waals surface area contributed by atoms with Crippen molar-refractivity contribution in [2.75, 3.05) is 26.7 Å². The molecule has 0 aliphatic heterocycles. The van der Waals surface area contributed by atoms with E-state index >= 15 is 0 Å². The number of hydrogen-bond acceptors (Lipinski definition) is 2. The zero-order chi connectivity index (χ0) is 16.0. The Hall–Kier alpha value is -1.07. The lowest BCUT2D eigenvalue weighted by Crippen LogP contribution is -2.38. The second-order valence-electron chi connectivity index (χ2n) is 5.74. The van der Waals surface area contributed by atoms with Gasteiger partial charge in [-0.3, -0.25) is 4.90 Å². The summed E-state index contributed by atoms with van der Waals surface area (Å²) >= 11 is 0. The molecule has 0 saturated heterocycles. The standard InChI is InChI=1S/C16H25F3N2/c1-5-20-15(10-21(4)11-16(17,18)19)14-8-6-13(7-9-14)12(2)3/h6-9,12,15,20H,5,10-11H2,1-4H3. The lowest BCUT2D eigenvalue weighted by atomic mass is 9.99. The quantitative estimate of drug-likeness (QED) is 0.820. The van der Waals surface area contributed by atoms with Gasteiger partial charge in [-0.15, -0.1) is 0 Å². The SMILES string of the molecule is CCNC(CN(C)CC(F)(F)F)c1ccc(C(C)C)cc1. The molecule has 0 spiro atoms. The summed E-state index contributed by atoms with van der Waals surface area (Å²) in [5.74, 6) is 0.449. The molecule has 1 rings (SSSR count). The van der Waals surface area contributed by atoms with Crippen molar-refractivity contribution in [3.8, 4) is 0 Å².